The first-order chi connectivity index (χ1) is 6.35. The largest absolute Gasteiger partial charge is 0.319 e. The molecule has 0 atom stereocenters. The van der Waals surface area contributed by atoms with Crippen LogP contribution < -0.4 is 0 Å². The maximum absolute atomic E-state index is 4.46. The van der Waals surface area contributed by atoms with Crippen molar-refractivity contribution in [3.8, 4) is 0 Å². The van der Waals surface area contributed by atoms with Crippen molar-refractivity contribution < 1.29 is 4.18 Å². The molecular weight excluding hydrogens is 182 g/mol. The Morgan fingerprint density at radius 1 is 1.15 bits per heavy atom. The van der Waals surface area contributed by atoms with E-state index in [9.17, 15) is 0 Å². The van der Waals surface area contributed by atoms with E-state index in [0.717, 1.165) is 0 Å². The van der Waals surface area contributed by atoms with Crippen LogP contribution in [0.3, 0.4) is 0 Å². The maximum atomic E-state index is 4.46. The van der Waals surface area contributed by atoms with E-state index in [0.29, 0.717) is 0 Å². The third-order valence-corrected chi connectivity index (χ3v) is 2.65. The van der Waals surface area contributed by atoms with E-state index in [4.69, 9.17) is 0 Å². The summed E-state index contributed by atoms with van der Waals surface area (Å²) in [7, 11) is 1.64. The summed E-state index contributed by atoms with van der Waals surface area (Å²) in [5.41, 5.74) is 0. The molecule has 0 N–H and O–H groups in total. The van der Waals surface area contributed by atoms with Gasteiger partial charge in [0.1, 0.15) is 0 Å². The first kappa shape index (κ1) is 13.3. The van der Waals surface area contributed by atoms with Crippen LogP contribution in [0.5, 0.6) is 0 Å². The highest BCUT2D eigenvalue weighted by Gasteiger charge is 2.04. The highest BCUT2D eigenvalue weighted by molar-refractivity contribution is 7.93. The van der Waals surface area contributed by atoms with E-state index < -0.39 is 0 Å². The van der Waals surface area contributed by atoms with E-state index in [1.165, 1.54) is 57.4 Å². The smallest absolute Gasteiger partial charge is 0.0503 e. The zero-order chi connectivity index (χ0) is 9.94. The quantitative estimate of drug-likeness (QED) is 0.643. The van der Waals surface area contributed by atoms with Gasteiger partial charge in [0.25, 0.3) is 0 Å². The molecule has 1 aliphatic rings. The van der Waals surface area contributed by atoms with E-state index in [1.807, 2.05) is 6.26 Å². The number of rotatable bonds is 2. The van der Waals surface area contributed by atoms with Gasteiger partial charge in [-0.15, -0.1) is 0 Å². The summed E-state index contributed by atoms with van der Waals surface area (Å²) >= 11 is 1.36. The molecule has 13 heavy (non-hydrogen) atoms. The van der Waals surface area contributed by atoms with E-state index in [1.54, 1.807) is 7.11 Å². The minimum absolute atomic E-state index is 1.25. The summed E-state index contributed by atoms with van der Waals surface area (Å²) in [5, 5.41) is 0. The Morgan fingerprint density at radius 2 is 1.62 bits per heavy atom. The number of hydrogen-bond acceptors (Lipinski definition) is 3. The Labute approximate surface area is 87.2 Å². The van der Waals surface area contributed by atoms with Crippen molar-refractivity contribution in [3.05, 3.63) is 0 Å². The molecule has 0 spiro atoms. The minimum atomic E-state index is 1.25. The first-order valence-electron chi connectivity index (χ1n) is 5.14. The molecule has 0 saturated carbocycles. The molecule has 0 bridgehead atoms. The van der Waals surface area contributed by atoms with Gasteiger partial charge in [-0.2, -0.15) is 0 Å². The van der Waals surface area contributed by atoms with Gasteiger partial charge in [-0.05, 0) is 44.5 Å². The van der Waals surface area contributed by atoms with Crippen LogP contribution in [0.1, 0.15) is 32.6 Å². The Hall–Kier alpha value is 0.270. The lowest BCUT2D eigenvalue weighted by atomic mass is 10.2. The van der Waals surface area contributed by atoms with Gasteiger partial charge in [0.2, 0.25) is 0 Å². The zero-order valence-corrected chi connectivity index (χ0v) is 10.0. The lowest BCUT2D eigenvalue weighted by Crippen LogP contribution is -2.23. The summed E-state index contributed by atoms with van der Waals surface area (Å²) in [5.74, 6) is 0. The van der Waals surface area contributed by atoms with Crippen LogP contribution in [0, 0.1) is 0 Å². The van der Waals surface area contributed by atoms with Crippen LogP contribution in [-0.2, 0) is 4.18 Å². The number of hydrogen-bond donors (Lipinski definition) is 0. The van der Waals surface area contributed by atoms with E-state index in [2.05, 4.69) is 16.0 Å². The second-order valence-electron chi connectivity index (χ2n) is 3.18. The molecule has 0 aromatic carbocycles. The predicted molar refractivity (Wildman–Crippen MR) is 61.1 cm³/mol. The number of likely N-dealkylation sites (tertiary alicyclic amines) is 1. The fourth-order valence-corrected chi connectivity index (χ4v) is 1.45. The molecule has 1 fully saturated rings. The molecule has 1 saturated heterocycles. The highest BCUT2D eigenvalue weighted by Crippen LogP contribution is 2.08. The summed E-state index contributed by atoms with van der Waals surface area (Å²) in [6.45, 7) is 6.19. The fraction of sp³-hybridized carbons (Fsp3) is 1.00. The Balaban J connectivity index is 0.000000310. The summed E-state index contributed by atoms with van der Waals surface area (Å²) in [4.78, 5) is 2.55. The van der Waals surface area contributed by atoms with Crippen molar-refractivity contribution in [2.75, 3.05) is 33.0 Å². The molecule has 1 heterocycles. The molecule has 2 nitrogen and oxygen atoms in total. The molecule has 0 aliphatic carbocycles. The van der Waals surface area contributed by atoms with Crippen molar-refractivity contribution in [1.82, 2.24) is 4.90 Å². The van der Waals surface area contributed by atoms with Gasteiger partial charge in [0.05, 0.1) is 7.11 Å². The van der Waals surface area contributed by atoms with Crippen molar-refractivity contribution in [1.29, 1.82) is 0 Å². The molecule has 0 radical (unpaired) electrons. The molecule has 0 unspecified atom stereocenters. The SMILES string of the molecule is CCN1CCCCCC1.COSC. The second-order valence-corrected chi connectivity index (χ2v) is 3.85. The maximum Gasteiger partial charge on any atom is 0.0503 e. The Kier molecular flexibility index (Phi) is 10.6. The first-order valence-corrected chi connectivity index (χ1v) is 6.29. The summed E-state index contributed by atoms with van der Waals surface area (Å²) in [6.07, 6.45) is 7.63. The average Bonchev–Trinajstić information content (AvgIpc) is 2.46. The summed E-state index contributed by atoms with van der Waals surface area (Å²) in [6, 6.07) is 0. The van der Waals surface area contributed by atoms with Crippen LogP contribution in [0.25, 0.3) is 0 Å². The van der Waals surface area contributed by atoms with Crippen LogP contribution in [0.4, 0.5) is 0 Å². The van der Waals surface area contributed by atoms with Gasteiger partial charge in [-0.3, -0.25) is 0 Å². The van der Waals surface area contributed by atoms with Crippen LogP contribution >= 0.6 is 12.0 Å². The molecule has 1 aliphatic heterocycles. The van der Waals surface area contributed by atoms with Crippen molar-refractivity contribution >= 4 is 12.0 Å². The third kappa shape index (κ3) is 8.60. The molecular formula is C10H23NOS. The Morgan fingerprint density at radius 3 is 1.92 bits per heavy atom. The highest BCUT2D eigenvalue weighted by atomic mass is 32.2. The normalized spacial score (nSPS) is 18.7. The lowest BCUT2D eigenvalue weighted by Gasteiger charge is -2.15. The summed E-state index contributed by atoms with van der Waals surface area (Å²) < 4.78 is 4.46. The number of nitrogens with zero attached hydrogens (tertiary/aromatic N) is 1. The van der Waals surface area contributed by atoms with Gasteiger partial charge in [-0.25, -0.2) is 0 Å². The topological polar surface area (TPSA) is 12.5 Å². The van der Waals surface area contributed by atoms with Gasteiger partial charge in [-0.1, -0.05) is 19.8 Å². The fourth-order valence-electron chi connectivity index (χ4n) is 1.45. The average molecular weight is 205 g/mol. The molecule has 0 aromatic heterocycles. The minimum Gasteiger partial charge on any atom is -0.319 e. The molecule has 0 aromatic rings. The van der Waals surface area contributed by atoms with Crippen LogP contribution in [0.2, 0.25) is 0 Å². The third-order valence-electron chi connectivity index (χ3n) is 2.31. The second kappa shape index (κ2) is 10.4. The van der Waals surface area contributed by atoms with Crippen molar-refractivity contribution in [2.45, 2.75) is 32.6 Å². The molecule has 3 heteroatoms. The zero-order valence-electron chi connectivity index (χ0n) is 9.21. The predicted octanol–water partition coefficient (Wildman–Crippen LogP) is 2.79. The molecule has 80 valence electrons. The van der Waals surface area contributed by atoms with Crippen molar-refractivity contribution in [3.63, 3.8) is 0 Å². The van der Waals surface area contributed by atoms with E-state index in [-0.39, 0.29) is 0 Å². The monoisotopic (exact) mass is 205 g/mol. The van der Waals surface area contributed by atoms with Crippen molar-refractivity contribution in [2.24, 2.45) is 0 Å². The lowest BCUT2D eigenvalue weighted by molar-refractivity contribution is 0.301. The Bertz CT molecular complexity index is 90.9. The van der Waals surface area contributed by atoms with Crippen LogP contribution in [0.15, 0.2) is 0 Å². The molecule has 1 rings (SSSR count). The van der Waals surface area contributed by atoms with Gasteiger partial charge >= 0.3 is 0 Å². The van der Waals surface area contributed by atoms with Crippen LogP contribution in [-0.4, -0.2) is 37.9 Å². The van der Waals surface area contributed by atoms with Gasteiger partial charge in [0.15, 0.2) is 0 Å². The van der Waals surface area contributed by atoms with E-state index >= 15 is 0 Å². The van der Waals surface area contributed by atoms with Gasteiger partial charge in [0, 0.05) is 6.26 Å². The standard InChI is InChI=1S/C8H17N.C2H6OS/c1-2-9-7-5-3-4-6-8-9;1-3-4-2/h2-8H2,1H3;1-2H3. The molecule has 0 amide bonds. The van der Waals surface area contributed by atoms with Gasteiger partial charge < -0.3 is 9.08 Å².